The number of aliphatic hydroxyl groups is 1. The van der Waals surface area contributed by atoms with E-state index in [2.05, 4.69) is 0 Å². The van der Waals surface area contributed by atoms with Gasteiger partial charge in [-0.1, -0.05) is 0 Å². The molecule has 5 heteroatoms. The van der Waals surface area contributed by atoms with Crippen LogP contribution in [0.25, 0.3) is 0 Å². The van der Waals surface area contributed by atoms with Crippen LogP contribution in [0.2, 0.25) is 0 Å². The highest BCUT2D eigenvalue weighted by Gasteiger charge is 2.56. The average Bonchev–Trinajstić information content (AvgIpc) is 2.12. The summed E-state index contributed by atoms with van der Waals surface area (Å²) in [4.78, 5) is 0. The molecule has 1 atom stereocenters. The van der Waals surface area contributed by atoms with Crippen molar-refractivity contribution in [3.8, 4) is 0 Å². The lowest BCUT2D eigenvalue weighted by molar-refractivity contribution is -0.0955. The second-order valence-electron chi connectivity index (χ2n) is 6.15. The van der Waals surface area contributed by atoms with Gasteiger partial charge in [-0.2, -0.15) is 8.42 Å². The van der Waals surface area contributed by atoms with Crippen molar-refractivity contribution in [2.75, 3.05) is 0 Å². The zero-order valence-electron chi connectivity index (χ0n) is 9.17. The maximum Gasteiger partial charge on any atom is 0.292 e. The van der Waals surface area contributed by atoms with E-state index in [0.717, 1.165) is 19.3 Å². The van der Waals surface area contributed by atoms with Crippen molar-refractivity contribution in [3.05, 3.63) is 0 Å². The monoisotopic (exact) mass is 246 g/mol. The van der Waals surface area contributed by atoms with Gasteiger partial charge in [-0.3, -0.25) is 4.55 Å². The maximum absolute atomic E-state index is 11.2. The molecule has 4 fully saturated rings. The van der Waals surface area contributed by atoms with Gasteiger partial charge >= 0.3 is 0 Å². The summed E-state index contributed by atoms with van der Waals surface area (Å²) in [7, 11) is -4.31. The Morgan fingerprint density at radius 3 is 1.69 bits per heavy atom. The summed E-state index contributed by atoms with van der Waals surface area (Å²) >= 11 is 0. The van der Waals surface area contributed by atoms with Crippen molar-refractivity contribution < 1.29 is 18.1 Å². The fourth-order valence-electron chi connectivity index (χ4n) is 4.80. The molecule has 0 aromatic carbocycles. The van der Waals surface area contributed by atoms with Crippen molar-refractivity contribution in [1.29, 1.82) is 0 Å². The normalized spacial score (nSPS) is 48.2. The van der Waals surface area contributed by atoms with Crippen molar-refractivity contribution in [2.45, 2.75) is 44.0 Å². The van der Waals surface area contributed by atoms with Crippen molar-refractivity contribution in [3.63, 3.8) is 0 Å². The molecule has 4 aliphatic rings. The van der Waals surface area contributed by atoms with E-state index < -0.39 is 21.0 Å². The first-order valence-corrected chi connectivity index (χ1v) is 7.54. The third-order valence-electron chi connectivity index (χ3n) is 4.89. The van der Waals surface area contributed by atoms with Crippen molar-refractivity contribution in [2.24, 2.45) is 23.2 Å². The molecular weight excluding hydrogens is 228 g/mol. The fourth-order valence-corrected chi connectivity index (χ4v) is 5.72. The molecule has 0 amide bonds. The Morgan fingerprint density at radius 2 is 1.38 bits per heavy atom. The second kappa shape index (κ2) is 3.21. The summed E-state index contributed by atoms with van der Waals surface area (Å²) < 4.78 is 31.4. The highest BCUT2D eigenvalue weighted by molar-refractivity contribution is 7.86. The van der Waals surface area contributed by atoms with Gasteiger partial charge in [-0.05, 0) is 56.3 Å². The van der Waals surface area contributed by atoms with Crippen LogP contribution in [0.4, 0.5) is 0 Å². The van der Waals surface area contributed by atoms with Crippen LogP contribution in [-0.2, 0) is 10.1 Å². The Labute approximate surface area is 95.8 Å². The molecule has 2 N–H and O–H groups in total. The predicted molar refractivity (Wildman–Crippen MR) is 58.2 cm³/mol. The largest absolute Gasteiger partial charge is 0.375 e. The van der Waals surface area contributed by atoms with Crippen LogP contribution in [0.5, 0.6) is 0 Å². The molecule has 16 heavy (non-hydrogen) atoms. The van der Waals surface area contributed by atoms with Gasteiger partial charge in [0.2, 0.25) is 0 Å². The minimum absolute atomic E-state index is 0.539. The molecule has 0 saturated heterocycles. The van der Waals surface area contributed by atoms with E-state index >= 15 is 0 Å². The quantitative estimate of drug-likeness (QED) is 0.722. The lowest BCUT2D eigenvalue weighted by Crippen LogP contribution is -2.53. The number of hydrogen-bond acceptors (Lipinski definition) is 3. The summed E-state index contributed by atoms with van der Waals surface area (Å²) in [6.07, 6.45) is 5.91. The molecule has 4 saturated carbocycles. The van der Waals surface area contributed by atoms with E-state index in [1.165, 1.54) is 19.3 Å². The third kappa shape index (κ3) is 1.52. The van der Waals surface area contributed by atoms with Crippen LogP contribution in [0.1, 0.15) is 38.5 Å². The van der Waals surface area contributed by atoms with Crippen LogP contribution >= 0.6 is 0 Å². The highest BCUT2D eigenvalue weighted by atomic mass is 32.2. The third-order valence-corrected chi connectivity index (χ3v) is 5.96. The van der Waals surface area contributed by atoms with Gasteiger partial charge in [0.05, 0.1) is 0 Å². The molecule has 0 heterocycles. The molecular formula is C11H18O4S. The van der Waals surface area contributed by atoms with Gasteiger partial charge in [-0.15, -0.1) is 0 Å². The highest BCUT2D eigenvalue weighted by Crippen LogP contribution is 2.61. The van der Waals surface area contributed by atoms with Gasteiger partial charge in [0.25, 0.3) is 10.1 Å². The van der Waals surface area contributed by atoms with Gasteiger partial charge in [0, 0.05) is 5.41 Å². The van der Waals surface area contributed by atoms with Crippen LogP contribution in [0.3, 0.4) is 0 Å². The van der Waals surface area contributed by atoms with Crippen LogP contribution in [0.15, 0.2) is 0 Å². The van der Waals surface area contributed by atoms with Crippen LogP contribution in [0, 0.1) is 23.2 Å². The zero-order chi connectivity index (χ0) is 11.6. The Bertz CT molecular complexity index is 365. The fraction of sp³-hybridized carbons (Fsp3) is 1.00. The molecule has 0 unspecified atom stereocenters. The summed E-state index contributed by atoms with van der Waals surface area (Å²) in [5.74, 6) is 1.72. The lowest BCUT2D eigenvalue weighted by Gasteiger charge is -2.57. The molecule has 4 bridgehead atoms. The van der Waals surface area contributed by atoms with Gasteiger partial charge in [0.1, 0.15) is 0 Å². The molecule has 0 aromatic rings. The van der Waals surface area contributed by atoms with E-state index in [0.29, 0.717) is 17.8 Å². The Balaban J connectivity index is 1.94. The number of aliphatic hydroxyl groups excluding tert-OH is 1. The van der Waals surface area contributed by atoms with E-state index in [-0.39, 0.29) is 0 Å². The number of rotatable bonds is 2. The predicted octanol–water partition coefficient (Wildman–Crippen LogP) is 1.41. The summed E-state index contributed by atoms with van der Waals surface area (Å²) in [6.45, 7) is 0. The van der Waals surface area contributed by atoms with Crippen LogP contribution in [-0.4, -0.2) is 23.5 Å². The average molecular weight is 246 g/mol. The summed E-state index contributed by atoms with van der Waals surface area (Å²) in [6, 6.07) is 0. The standard InChI is InChI=1S/C11H18O4S/c12-10(16(13,14)15)11-4-7-1-8(5-11)3-9(2-7)6-11/h7-10,12H,1-6H2,(H,13,14,15)/t7?,8?,9?,10-,11?/m1/s1. The number of hydrogen-bond donors (Lipinski definition) is 2. The lowest BCUT2D eigenvalue weighted by atomic mass is 9.50. The minimum Gasteiger partial charge on any atom is -0.375 e. The topological polar surface area (TPSA) is 74.6 Å². The zero-order valence-corrected chi connectivity index (χ0v) is 9.99. The van der Waals surface area contributed by atoms with E-state index in [4.69, 9.17) is 4.55 Å². The Morgan fingerprint density at radius 1 is 1.00 bits per heavy atom. The first kappa shape index (κ1) is 11.0. The molecule has 0 spiro atoms. The van der Waals surface area contributed by atoms with E-state index in [9.17, 15) is 13.5 Å². The molecule has 0 radical (unpaired) electrons. The molecule has 4 nitrogen and oxygen atoms in total. The molecule has 92 valence electrons. The Kier molecular flexibility index (Phi) is 2.20. The SMILES string of the molecule is O=S(=O)(O)[C@@H](O)C12CC3CC(CC(C3)C1)C2. The molecule has 4 aliphatic carbocycles. The summed E-state index contributed by atoms with van der Waals surface area (Å²) in [5.41, 5.74) is -2.10. The smallest absolute Gasteiger partial charge is 0.292 e. The van der Waals surface area contributed by atoms with E-state index in [1.807, 2.05) is 0 Å². The molecule has 0 aromatic heterocycles. The van der Waals surface area contributed by atoms with Crippen molar-refractivity contribution in [1.82, 2.24) is 0 Å². The van der Waals surface area contributed by atoms with Gasteiger partial charge < -0.3 is 5.11 Å². The molecule has 4 rings (SSSR count). The second-order valence-corrected chi connectivity index (χ2v) is 7.62. The van der Waals surface area contributed by atoms with E-state index in [1.54, 1.807) is 0 Å². The van der Waals surface area contributed by atoms with Crippen molar-refractivity contribution >= 4 is 10.1 Å². The van der Waals surface area contributed by atoms with Gasteiger partial charge in [-0.25, -0.2) is 0 Å². The minimum atomic E-state index is -4.31. The van der Waals surface area contributed by atoms with Gasteiger partial charge in [0.15, 0.2) is 5.44 Å². The first-order valence-electron chi connectivity index (χ1n) is 6.03. The summed E-state index contributed by atoms with van der Waals surface area (Å²) in [5, 5.41) is 9.91. The van der Waals surface area contributed by atoms with Crippen LogP contribution < -0.4 is 0 Å². The first-order chi connectivity index (χ1) is 7.39. The molecule has 0 aliphatic heterocycles. The maximum atomic E-state index is 11.2. The Hall–Kier alpha value is -0.130.